The van der Waals surface area contributed by atoms with Gasteiger partial charge in [0, 0.05) is 19.6 Å². The highest BCUT2D eigenvalue weighted by Crippen LogP contribution is 2.36. The lowest BCUT2D eigenvalue weighted by Gasteiger charge is -2.33. The van der Waals surface area contributed by atoms with Crippen molar-refractivity contribution in [1.29, 1.82) is 0 Å². The Morgan fingerprint density at radius 1 is 0.929 bits per heavy atom. The molecule has 0 aromatic heterocycles. The van der Waals surface area contributed by atoms with Crippen LogP contribution in [0.1, 0.15) is 41.9 Å². The molecule has 4 nitrogen and oxygen atoms in total. The summed E-state index contributed by atoms with van der Waals surface area (Å²) >= 11 is 0. The number of benzene rings is 2. The fourth-order valence-electron chi connectivity index (χ4n) is 4.53. The van der Waals surface area contributed by atoms with Crippen molar-refractivity contribution in [2.45, 2.75) is 44.3 Å². The van der Waals surface area contributed by atoms with Crippen molar-refractivity contribution in [2.24, 2.45) is 0 Å². The van der Waals surface area contributed by atoms with Crippen molar-refractivity contribution in [3.05, 3.63) is 59.2 Å². The van der Waals surface area contributed by atoms with E-state index in [1.54, 1.807) is 14.2 Å². The fourth-order valence-corrected chi connectivity index (χ4v) is 4.53. The normalized spacial score (nSPS) is 20.1. The first-order chi connectivity index (χ1) is 13.7. The van der Waals surface area contributed by atoms with E-state index < -0.39 is 0 Å². The maximum Gasteiger partial charge on any atom is 0.119 e. The summed E-state index contributed by atoms with van der Waals surface area (Å²) in [6.07, 6.45) is 5.04. The monoisotopic (exact) mass is 381 g/mol. The van der Waals surface area contributed by atoms with Gasteiger partial charge in [0.05, 0.1) is 26.9 Å². The van der Waals surface area contributed by atoms with Crippen molar-refractivity contribution < 1.29 is 14.2 Å². The van der Waals surface area contributed by atoms with Crippen LogP contribution in [-0.4, -0.2) is 44.9 Å². The summed E-state index contributed by atoms with van der Waals surface area (Å²) in [7, 11) is 3.45. The molecule has 2 aromatic rings. The van der Waals surface area contributed by atoms with Gasteiger partial charge in [-0.2, -0.15) is 0 Å². The number of fused-ring (bicyclic) bond motifs is 1. The summed E-state index contributed by atoms with van der Waals surface area (Å²) < 4.78 is 16.9. The van der Waals surface area contributed by atoms with Crippen molar-refractivity contribution in [2.75, 3.05) is 33.9 Å². The molecule has 0 bridgehead atoms. The molecule has 0 spiro atoms. The van der Waals surface area contributed by atoms with E-state index >= 15 is 0 Å². The second-order valence-corrected chi connectivity index (χ2v) is 7.96. The Labute approximate surface area is 168 Å². The number of aryl methyl sites for hydroxylation is 1. The first-order valence-corrected chi connectivity index (χ1v) is 10.4. The SMILES string of the molecule is COc1cccc(COC2CCN(CC3CCc4ccc(OC)cc43)CC2)c1. The van der Waals surface area contributed by atoms with Crippen molar-refractivity contribution >= 4 is 0 Å². The number of nitrogens with zero attached hydrogens (tertiary/aromatic N) is 1. The molecule has 4 rings (SSSR count). The summed E-state index contributed by atoms with van der Waals surface area (Å²) in [5.74, 6) is 2.51. The van der Waals surface area contributed by atoms with Gasteiger partial charge in [-0.05, 0) is 72.6 Å². The van der Waals surface area contributed by atoms with E-state index in [2.05, 4.69) is 35.2 Å². The largest absolute Gasteiger partial charge is 0.497 e. The molecule has 0 saturated carbocycles. The molecule has 1 heterocycles. The predicted octanol–water partition coefficient (Wildman–Crippen LogP) is 4.41. The molecule has 1 atom stereocenters. The predicted molar refractivity (Wildman–Crippen MR) is 111 cm³/mol. The fraction of sp³-hybridized carbons (Fsp3) is 0.500. The zero-order valence-corrected chi connectivity index (χ0v) is 17.0. The van der Waals surface area contributed by atoms with E-state index in [-0.39, 0.29) is 0 Å². The number of methoxy groups -OCH3 is 2. The zero-order chi connectivity index (χ0) is 19.3. The van der Waals surface area contributed by atoms with Crippen LogP contribution in [0.3, 0.4) is 0 Å². The molecule has 1 fully saturated rings. The topological polar surface area (TPSA) is 30.9 Å². The second kappa shape index (κ2) is 8.97. The van der Waals surface area contributed by atoms with E-state index in [1.807, 2.05) is 12.1 Å². The van der Waals surface area contributed by atoms with Gasteiger partial charge < -0.3 is 19.1 Å². The molecule has 1 aliphatic carbocycles. The Morgan fingerprint density at radius 3 is 2.50 bits per heavy atom. The van der Waals surface area contributed by atoms with Crippen LogP contribution in [0.5, 0.6) is 11.5 Å². The van der Waals surface area contributed by atoms with E-state index in [4.69, 9.17) is 14.2 Å². The van der Waals surface area contributed by atoms with Gasteiger partial charge in [-0.15, -0.1) is 0 Å². The third kappa shape index (κ3) is 4.50. The Morgan fingerprint density at radius 2 is 1.71 bits per heavy atom. The lowest BCUT2D eigenvalue weighted by atomic mass is 9.98. The van der Waals surface area contributed by atoms with E-state index in [9.17, 15) is 0 Å². The van der Waals surface area contributed by atoms with Crippen LogP contribution in [0.25, 0.3) is 0 Å². The van der Waals surface area contributed by atoms with Crippen LogP contribution >= 0.6 is 0 Å². The van der Waals surface area contributed by atoms with Crippen LogP contribution in [0, 0.1) is 0 Å². The number of piperidine rings is 1. The third-order valence-electron chi connectivity index (χ3n) is 6.19. The standard InChI is InChI=1S/C24H31NO3/c1-26-22-5-3-4-18(14-22)17-28-21-10-12-25(13-11-21)16-20-7-6-19-8-9-23(27-2)15-24(19)20/h3-5,8-9,14-15,20-21H,6-7,10-13,16-17H2,1-2H3. The molecule has 0 radical (unpaired) electrons. The molecule has 4 heteroatoms. The molecular formula is C24H31NO3. The molecule has 2 aliphatic rings. The number of hydrogen-bond acceptors (Lipinski definition) is 4. The van der Waals surface area contributed by atoms with Gasteiger partial charge in [0.25, 0.3) is 0 Å². The molecule has 0 amide bonds. The Bertz CT molecular complexity index is 783. The summed E-state index contributed by atoms with van der Waals surface area (Å²) in [6.45, 7) is 4.07. The highest BCUT2D eigenvalue weighted by molar-refractivity contribution is 5.41. The van der Waals surface area contributed by atoms with Gasteiger partial charge >= 0.3 is 0 Å². The maximum absolute atomic E-state index is 6.17. The summed E-state index contributed by atoms with van der Waals surface area (Å²) in [4.78, 5) is 2.62. The maximum atomic E-state index is 6.17. The summed E-state index contributed by atoms with van der Waals surface area (Å²) in [5, 5.41) is 0. The highest BCUT2D eigenvalue weighted by atomic mass is 16.5. The van der Waals surface area contributed by atoms with Gasteiger partial charge in [0.15, 0.2) is 0 Å². The minimum absolute atomic E-state index is 0.360. The van der Waals surface area contributed by atoms with Crippen LogP contribution in [0.15, 0.2) is 42.5 Å². The van der Waals surface area contributed by atoms with Gasteiger partial charge in [-0.1, -0.05) is 18.2 Å². The minimum Gasteiger partial charge on any atom is -0.497 e. The third-order valence-corrected chi connectivity index (χ3v) is 6.19. The number of hydrogen-bond donors (Lipinski definition) is 0. The quantitative estimate of drug-likeness (QED) is 0.711. The zero-order valence-electron chi connectivity index (χ0n) is 17.0. The summed E-state index contributed by atoms with van der Waals surface area (Å²) in [5.41, 5.74) is 4.18. The van der Waals surface area contributed by atoms with Gasteiger partial charge in [0.1, 0.15) is 11.5 Å². The molecular weight excluding hydrogens is 350 g/mol. The van der Waals surface area contributed by atoms with Crippen LogP contribution in [-0.2, 0) is 17.8 Å². The molecule has 2 aromatic carbocycles. The van der Waals surface area contributed by atoms with Crippen molar-refractivity contribution in [3.8, 4) is 11.5 Å². The number of rotatable bonds is 7. The molecule has 28 heavy (non-hydrogen) atoms. The average molecular weight is 382 g/mol. The van der Waals surface area contributed by atoms with Crippen LogP contribution in [0.2, 0.25) is 0 Å². The van der Waals surface area contributed by atoms with E-state index in [0.29, 0.717) is 18.6 Å². The number of ether oxygens (including phenoxy) is 3. The molecule has 1 saturated heterocycles. The Balaban J connectivity index is 1.25. The first kappa shape index (κ1) is 19.3. The van der Waals surface area contributed by atoms with Crippen molar-refractivity contribution in [1.82, 2.24) is 4.90 Å². The van der Waals surface area contributed by atoms with Crippen LogP contribution < -0.4 is 9.47 Å². The lowest BCUT2D eigenvalue weighted by Crippen LogP contribution is -2.39. The van der Waals surface area contributed by atoms with Crippen molar-refractivity contribution in [3.63, 3.8) is 0 Å². The van der Waals surface area contributed by atoms with Crippen LogP contribution in [0.4, 0.5) is 0 Å². The molecule has 1 aliphatic heterocycles. The number of likely N-dealkylation sites (tertiary alicyclic amines) is 1. The highest BCUT2D eigenvalue weighted by Gasteiger charge is 2.27. The van der Waals surface area contributed by atoms with Gasteiger partial charge in [-0.3, -0.25) is 0 Å². The summed E-state index contributed by atoms with van der Waals surface area (Å²) in [6, 6.07) is 14.7. The Hall–Kier alpha value is -2.04. The smallest absolute Gasteiger partial charge is 0.119 e. The minimum atomic E-state index is 0.360. The second-order valence-electron chi connectivity index (χ2n) is 7.96. The van der Waals surface area contributed by atoms with Gasteiger partial charge in [0.2, 0.25) is 0 Å². The molecule has 1 unspecified atom stereocenters. The first-order valence-electron chi connectivity index (χ1n) is 10.4. The molecule has 150 valence electrons. The average Bonchev–Trinajstić information content (AvgIpc) is 3.15. The van der Waals surface area contributed by atoms with Gasteiger partial charge in [-0.25, -0.2) is 0 Å². The lowest BCUT2D eigenvalue weighted by molar-refractivity contribution is -0.00346. The molecule has 0 N–H and O–H groups in total. The Kier molecular flexibility index (Phi) is 6.18. The van der Waals surface area contributed by atoms with E-state index in [1.165, 1.54) is 29.5 Å². The van der Waals surface area contributed by atoms with E-state index in [0.717, 1.165) is 44.0 Å².